The molecule has 1 fully saturated rings. The summed E-state index contributed by atoms with van der Waals surface area (Å²) in [6, 6.07) is 0. The molecule has 1 aliphatic carbocycles. The van der Waals surface area contributed by atoms with E-state index in [0.29, 0.717) is 5.92 Å². The van der Waals surface area contributed by atoms with E-state index < -0.39 is 0 Å². The van der Waals surface area contributed by atoms with Gasteiger partial charge in [-0.25, -0.2) is 0 Å². The third kappa shape index (κ3) is 3.17. The lowest BCUT2D eigenvalue weighted by Gasteiger charge is -2.21. The molecule has 0 atom stereocenters. The highest BCUT2D eigenvalue weighted by Gasteiger charge is 2.13. The Kier molecular flexibility index (Phi) is 3.94. The van der Waals surface area contributed by atoms with Crippen molar-refractivity contribution in [3.63, 3.8) is 0 Å². The lowest BCUT2D eigenvalue weighted by molar-refractivity contribution is -0.104. The fourth-order valence-corrected chi connectivity index (χ4v) is 1.40. The molecule has 0 aromatic rings. The van der Waals surface area contributed by atoms with E-state index in [1.54, 1.807) is 6.08 Å². The summed E-state index contributed by atoms with van der Waals surface area (Å²) in [4.78, 5) is 10.3. The number of rotatable bonds is 4. The molecule has 13 heavy (non-hydrogen) atoms. The number of carbonyl (C=O) groups excluding carboxylic acids is 1. The largest absolute Gasteiger partial charge is 0.299 e. The second kappa shape index (κ2) is 5.00. The van der Waals surface area contributed by atoms with Crippen LogP contribution < -0.4 is 0 Å². The van der Waals surface area contributed by atoms with Crippen molar-refractivity contribution in [1.29, 1.82) is 0 Å². The van der Waals surface area contributed by atoms with Crippen LogP contribution in [0.1, 0.15) is 33.1 Å². The van der Waals surface area contributed by atoms with Crippen LogP contribution in [-0.2, 0) is 4.79 Å². The highest BCUT2D eigenvalue weighted by molar-refractivity contribution is 5.67. The number of allylic oxidation sites excluding steroid dienone is 4. The molecule has 0 N–H and O–H groups in total. The van der Waals surface area contributed by atoms with Crippen molar-refractivity contribution in [2.75, 3.05) is 0 Å². The molecule has 0 bridgehead atoms. The Morgan fingerprint density at radius 3 is 2.46 bits per heavy atom. The molecule has 0 saturated heterocycles. The zero-order valence-corrected chi connectivity index (χ0v) is 8.49. The van der Waals surface area contributed by atoms with Crippen LogP contribution >= 0.6 is 0 Å². The van der Waals surface area contributed by atoms with E-state index in [1.165, 1.54) is 19.3 Å². The normalized spacial score (nSPS) is 19.5. The molecule has 0 amide bonds. The smallest absolute Gasteiger partial charge is 0.143 e. The Morgan fingerprint density at radius 1 is 1.38 bits per heavy atom. The topological polar surface area (TPSA) is 17.1 Å². The SMILES string of the molecule is CC(C)C(C=CC1CCC1)=CC=O. The summed E-state index contributed by atoms with van der Waals surface area (Å²) in [6.07, 6.45) is 10.9. The molecule has 1 heteroatoms. The number of aldehydes is 1. The second-order valence-corrected chi connectivity index (χ2v) is 4.01. The van der Waals surface area contributed by atoms with E-state index in [4.69, 9.17) is 0 Å². The van der Waals surface area contributed by atoms with Gasteiger partial charge in [-0.1, -0.05) is 32.4 Å². The second-order valence-electron chi connectivity index (χ2n) is 4.01. The van der Waals surface area contributed by atoms with Gasteiger partial charge in [-0.05, 0) is 36.3 Å². The van der Waals surface area contributed by atoms with E-state index in [1.807, 2.05) is 0 Å². The van der Waals surface area contributed by atoms with E-state index in [-0.39, 0.29) is 0 Å². The monoisotopic (exact) mass is 178 g/mol. The van der Waals surface area contributed by atoms with Gasteiger partial charge >= 0.3 is 0 Å². The fourth-order valence-electron chi connectivity index (χ4n) is 1.40. The highest BCUT2D eigenvalue weighted by Crippen LogP contribution is 2.28. The van der Waals surface area contributed by atoms with Crippen molar-refractivity contribution in [3.05, 3.63) is 23.8 Å². The average molecular weight is 178 g/mol. The Hall–Kier alpha value is -0.850. The highest BCUT2D eigenvalue weighted by atomic mass is 16.1. The van der Waals surface area contributed by atoms with Crippen LogP contribution in [0.3, 0.4) is 0 Å². The van der Waals surface area contributed by atoms with Gasteiger partial charge in [0.05, 0.1) is 0 Å². The molecule has 0 radical (unpaired) electrons. The van der Waals surface area contributed by atoms with Crippen molar-refractivity contribution in [2.45, 2.75) is 33.1 Å². The quantitative estimate of drug-likeness (QED) is 0.367. The molecule has 1 aliphatic rings. The van der Waals surface area contributed by atoms with Gasteiger partial charge in [0.25, 0.3) is 0 Å². The van der Waals surface area contributed by atoms with E-state index >= 15 is 0 Å². The Morgan fingerprint density at radius 2 is 2.08 bits per heavy atom. The van der Waals surface area contributed by atoms with Crippen LogP contribution in [0.25, 0.3) is 0 Å². The third-order valence-corrected chi connectivity index (χ3v) is 2.64. The van der Waals surface area contributed by atoms with Gasteiger partial charge < -0.3 is 0 Å². The van der Waals surface area contributed by atoms with Crippen molar-refractivity contribution < 1.29 is 4.79 Å². The summed E-state index contributed by atoms with van der Waals surface area (Å²) >= 11 is 0. The summed E-state index contributed by atoms with van der Waals surface area (Å²) < 4.78 is 0. The van der Waals surface area contributed by atoms with Crippen LogP contribution in [0.15, 0.2) is 23.8 Å². The molecule has 0 aromatic carbocycles. The maximum Gasteiger partial charge on any atom is 0.143 e. The number of hydrogen-bond acceptors (Lipinski definition) is 1. The zero-order valence-electron chi connectivity index (χ0n) is 8.49. The first-order valence-corrected chi connectivity index (χ1v) is 5.07. The first-order chi connectivity index (χ1) is 6.24. The van der Waals surface area contributed by atoms with Gasteiger partial charge in [0.2, 0.25) is 0 Å². The molecule has 0 aliphatic heterocycles. The van der Waals surface area contributed by atoms with Crippen molar-refractivity contribution >= 4 is 6.29 Å². The van der Waals surface area contributed by atoms with E-state index in [0.717, 1.165) is 17.8 Å². The lowest BCUT2D eigenvalue weighted by Crippen LogP contribution is -2.07. The standard InChI is InChI=1S/C12H18O/c1-10(2)12(8-9-13)7-6-11-4-3-5-11/h6-11H,3-5H2,1-2H3. The van der Waals surface area contributed by atoms with Gasteiger partial charge in [-0.3, -0.25) is 4.79 Å². The Balaban J connectivity index is 2.50. The molecule has 0 unspecified atom stereocenters. The zero-order chi connectivity index (χ0) is 9.68. The van der Waals surface area contributed by atoms with E-state index in [9.17, 15) is 4.79 Å². The minimum atomic E-state index is 0.446. The maximum atomic E-state index is 10.3. The van der Waals surface area contributed by atoms with E-state index in [2.05, 4.69) is 26.0 Å². The predicted molar refractivity (Wildman–Crippen MR) is 55.5 cm³/mol. The molecule has 1 nitrogen and oxygen atoms in total. The van der Waals surface area contributed by atoms with Gasteiger partial charge in [0.15, 0.2) is 0 Å². The molecule has 0 aromatic heterocycles. The average Bonchev–Trinajstić information content (AvgIpc) is 1.99. The van der Waals surface area contributed by atoms with Crippen LogP contribution in [0, 0.1) is 11.8 Å². The van der Waals surface area contributed by atoms with Crippen molar-refractivity contribution in [3.8, 4) is 0 Å². The Bertz CT molecular complexity index is 219. The van der Waals surface area contributed by atoms with Crippen LogP contribution in [0.5, 0.6) is 0 Å². The minimum absolute atomic E-state index is 0.446. The molecule has 72 valence electrons. The van der Waals surface area contributed by atoms with Crippen LogP contribution in [0.4, 0.5) is 0 Å². The Labute approximate surface area is 80.5 Å². The number of carbonyl (C=O) groups is 1. The minimum Gasteiger partial charge on any atom is -0.299 e. The molecule has 0 spiro atoms. The lowest BCUT2D eigenvalue weighted by atomic mass is 9.84. The summed E-state index contributed by atoms with van der Waals surface area (Å²) in [7, 11) is 0. The molecule has 0 heterocycles. The van der Waals surface area contributed by atoms with Gasteiger partial charge in [0.1, 0.15) is 6.29 Å². The van der Waals surface area contributed by atoms with Crippen molar-refractivity contribution in [2.24, 2.45) is 11.8 Å². The third-order valence-electron chi connectivity index (χ3n) is 2.64. The van der Waals surface area contributed by atoms with Gasteiger partial charge in [0, 0.05) is 0 Å². The fraction of sp³-hybridized carbons (Fsp3) is 0.583. The first kappa shape index (κ1) is 10.2. The van der Waals surface area contributed by atoms with Crippen molar-refractivity contribution in [1.82, 2.24) is 0 Å². The summed E-state index contributed by atoms with van der Waals surface area (Å²) in [5.41, 5.74) is 1.14. The van der Waals surface area contributed by atoms with Crippen LogP contribution in [0.2, 0.25) is 0 Å². The molecule has 1 rings (SSSR count). The number of hydrogen-bond donors (Lipinski definition) is 0. The predicted octanol–water partition coefficient (Wildman–Crippen LogP) is 3.12. The molecular weight excluding hydrogens is 160 g/mol. The first-order valence-electron chi connectivity index (χ1n) is 5.07. The molecule has 1 saturated carbocycles. The summed E-state index contributed by atoms with van der Waals surface area (Å²) in [5, 5.41) is 0. The maximum absolute atomic E-state index is 10.3. The summed E-state index contributed by atoms with van der Waals surface area (Å²) in [5.74, 6) is 1.22. The summed E-state index contributed by atoms with van der Waals surface area (Å²) in [6.45, 7) is 4.22. The van der Waals surface area contributed by atoms with Gasteiger partial charge in [-0.2, -0.15) is 0 Å². The van der Waals surface area contributed by atoms with Gasteiger partial charge in [-0.15, -0.1) is 0 Å². The van der Waals surface area contributed by atoms with Crippen LogP contribution in [-0.4, -0.2) is 6.29 Å². The molecular formula is C12H18O.